The van der Waals surface area contributed by atoms with E-state index < -0.39 is 0 Å². The number of rotatable bonds is 10. The number of nitrogens with one attached hydrogen (secondary N) is 2. The Labute approximate surface area is 199 Å². The molecule has 1 aliphatic heterocycles. The summed E-state index contributed by atoms with van der Waals surface area (Å²) >= 11 is 1.87. The highest BCUT2D eigenvalue weighted by Gasteiger charge is 2.17. The second-order valence-electron chi connectivity index (χ2n) is 8.13. The van der Waals surface area contributed by atoms with Gasteiger partial charge in [-0.2, -0.15) is 11.8 Å². The van der Waals surface area contributed by atoms with E-state index in [1.54, 1.807) is 0 Å². The number of unbranched alkanes of at least 4 members (excludes halogenated alkanes) is 1. The van der Waals surface area contributed by atoms with Gasteiger partial charge in [0.2, 0.25) is 0 Å². The lowest BCUT2D eigenvalue weighted by atomic mass is 10.2. The molecule has 1 saturated heterocycles. The van der Waals surface area contributed by atoms with Crippen LogP contribution in [0, 0.1) is 0 Å². The van der Waals surface area contributed by atoms with Crippen LogP contribution >= 0.6 is 35.7 Å². The maximum absolute atomic E-state index is 4.32. The number of hydrogen-bond acceptors (Lipinski definition) is 4. The van der Waals surface area contributed by atoms with E-state index >= 15 is 0 Å². The van der Waals surface area contributed by atoms with E-state index in [9.17, 15) is 0 Å². The maximum atomic E-state index is 4.32. The summed E-state index contributed by atoms with van der Waals surface area (Å²) in [4.78, 5) is 9.50. The Morgan fingerprint density at radius 2 is 1.69 bits per heavy atom. The first-order chi connectivity index (χ1) is 13.5. The van der Waals surface area contributed by atoms with E-state index in [0.717, 1.165) is 25.6 Å². The number of thioether (sulfide) groups is 1. The van der Waals surface area contributed by atoms with Crippen molar-refractivity contribution in [2.75, 3.05) is 59.1 Å². The number of benzene rings is 1. The minimum Gasteiger partial charge on any atom is -0.356 e. The molecule has 29 heavy (non-hydrogen) atoms. The van der Waals surface area contributed by atoms with Crippen molar-refractivity contribution in [3.63, 3.8) is 0 Å². The van der Waals surface area contributed by atoms with Gasteiger partial charge in [0.05, 0.1) is 0 Å². The monoisotopic (exact) mass is 533 g/mol. The van der Waals surface area contributed by atoms with Crippen LogP contribution in [0.25, 0.3) is 0 Å². The van der Waals surface area contributed by atoms with Crippen LogP contribution in [-0.2, 0) is 6.54 Å². The van der Waals surface area contributed by atoms with Gasteiger partial charge in [-0.1, -0.05) is 30.3 Å². The smallest absolute Gasteiger partial charge is 0.191 e. The molecule has 1 fully saturated rings. The van der Waals surface area contributed by atoms with Gasteiger partial charge >= 0.3 is 0 Å². The number of halogens is 1. The van der Waals surface area contributed by atoms with Gasteiger partial charge in [-0.05, 0) is 45.1 Å². The molecule has 1 heterocycles. The van der Waals surface area contributed by atoms with Crippen LogP contribution in [0.1, 0.15) is 32.3 Å². The molecule has 0 atom stereocenters. The maximum Gasteiger partial charge on any atom is 0.191 e. The van der Waals surface area contributed by atoms with Crippen molar-refractivity contribution < 1.29 is 0 Å². The molecule has 1 aliphatic rings. The highest BCUT2D eigenvalue weighted by atomic mass is 127. The molecule has 0 spiro atoms. The van der Waals surface area contributed by atoms with Crippen LogP contribution in [0.15, 0.2) is 35.3 Å². The van der Waals surface area contributed by atoms with Gasteiger partial charge in [-0.25, -0.2) is 0 Å². The molecule has 0 aromatic heterocycles. The average molecular weight is 534 g/mol. The quantitative estimate of drug-likeness (QED) is 0.209. The number of guanidine groups is 1. The molecule has 5 nitrogen and oxygen atoms in total. The van der Waals surface area contributed by atoms with Crippen molar-refractivity contribution in [2.24, 2.45) is 4.99 Å². The molecule has 0 amide bonds. The van der Waals surface area contributed by atoms with Crippen LogP contribution in [0.5, 0.6) is 0 Å². The number of nitrogens with zero attached hydrogens (tertiary/aromatic N) is 3. The van der Waals surface area contributed by atoms with Crippen LogP contribution in [0.2, 0.25) is 0 Å². The molecule has 1 aromatic rings. The third-order valence-corrected chi connectivity index (χ3v) is 6.61. The molecular weight excluding hydrogens is 493 g/mol. The molecule has 0 bridgehead atoms. The second kappa shape index (κ2) is 14.5. The van der Waals surface area contributed by atoms with E-state index in [-0.39, 0.29) is 28.7 Å². The van der Waals surface area contributed by atoms with Crippen molar-refractivity contribution >= 4 is 41.7 Å². The first kappa shape index (κ1) is 26.5. The lowest BCUT2D eigenvalue weighted by molar-refractivity contribution is 0.126. The van der Waals surface area contributed by atoms with Crippen molar-refractivity contribution in [1.29, 1.82) is 0 Å². The van der Waals surface area contributed by atoms with E-state index in [4.69, 9.17) is 0 Å². The summed E-state index contributed by atoms with van der Waals surface area (Å²) in [6.45, 7) is 13.4. The lowest BCUT2D eigenvalue weighted by Gasteiger charge is -2.34. The summed E-state index contributed by atoms with van der Waals surface area (Å²) in [5, 5.41) is 6.87. The molecule has 0 unspecified atom stereocenters. The molecule has 0 radical (unpaired) electrons. The Balaban J connectivity index is 0.00000420. The van der Waals surface area contributed by atoms with Crippen molar-refractivity contribution in [3.05, 3.63) is 35.9 Å². The van der Waals surface area contributed by atoms with Crippen LogP contribution in [0.3, 0.4) is 0 Å². The summed E-state index contributed by atoms with van der Waals surface area (Å²) in [5.41, 5.74) is 1.42. The van der Waals surface area contributed by atoms with Gasteiger partial charge in [-0.15, -0.1) is 24.0 Å². The highest BCUT2D eigenvalue weighted by Crippen LogP contribution is 2.19. The van der Waals surface area contributed by atoms with Crippen LogP contribution in [-0.4, -0.2) is 79.6 Å². The SMILES string of the molecule is CN=C(NCCCCN1CCN(Cc2ccccc2)CC1)NCC(C)(C)SC.I. The van der Waals surface area contributed by atoms with E-state index in [1.807, 2.05) is 18.8 Å². The summed E-state index contributed by atoms with van der Waals surface area (Å²) in [5.74, 6) is 0.914. The molecule has 0 saturated carbocycles. The summed E-state index contributed by atoms with van der Waals surface area (Å²) in [7, 11) is 1.84. The van der Waals surface area contributed by atoms with Crippen molar-refractivity contribution in [2.45, 2.75) is 38.0 Å². The predicted molar refractivity (Wildman–Crippen MR) is 140 cm³/mol. The summed E-state index contributed by atoms with van der Waals surface area (Å²) in [6.07, 6.45) is 4.56. The molecule has 0 aliphatic carbocycles. The van der Waals surface area contributed by atoms with Crippen LogP contribution < -0.4 is 10.6 Å². The minimum absolute atomic E-state index is 0. The number of piperazine rings is 1. The Bertz CT molecular complexity index is 574. The average Bonchev–Trinajstić information content (AvgIpc) is 2.72. The Kier molecular flexibility index (Phi) is 13.3. The fourth-order valence-corrected chi connectivity index (χ4v) is 3.49. The molecule has 2 N–H and O–H groups in total. The second-order valence-corrected chi connectivity index (χ2v) is 9.64. The fourth-order valence-electron chi connectivity index (χ4n) is 3.27. The standard InChI is InChI=1S/C22H39N5S.HI/c1-22(2,28-4)19-25-21(23-3)24-12-8-9-13-26-14-16-27(17-15-26)18-20-10-6-5-7-11-20;/h5-7,10-11H,8-9,12-19H2,1-4H3,(H2,23,24,25);1H. The molecule has 2 rings (SSSR count). The third-order valence-electron chi connectivity index (χ3n) is 5.37. The first-order valence-electron chi connectivity index (χ1n) is 10.5. The van der Waals surface area contributed by atoms with E-state index in [0.29, 0.717) is 0 Å². The summed E-state index contributed by atoms with van der Waals surface area (Å²) < 4.78 is 0.222. The van der Waals surface area contributed by atoms with Gasteiger partial charge in [0.25, 0.3) is 0 Å². The lowest BCUT2D eigenvalue weighted by Crippen LogP contribution is -2.46. The van der Waals surface area contributed by atoms with E-state index in [2.05, 4.69) is 75.9 Å². The normalized spacial score (nSPS) is 16.3. The zero-order valence-corrected chi connectivity index (χ0v) is 21.8. The first-order valence-corrected chi connectivity index (χ1v) is 11.7. The zero-order valence-electron chi connectivity index (χ0n) is 18.6. The molecule has 1 aromatic carbocycles. The number of aliphatic imine (C=N–C) groups is 1. The topological polar surface area (TPSA) is 42.9 Å². The van der Waals surface area contributed by atoms with Crippen molar-refractivity contribution in [3.8, 4) is 0 Å². The van der Waals surface area contributed by atoms with Gasteiger partial charge < -0.3 is 15.5 Å². The van der Waals surface area contributed by atoms with E-state index in [1.165, 1.54) is 51.1 Å². The van der Waals surface area contributed by atoms with Gasteiger partial charge in [0.1, 0.15) is 0 Å². The van der Waals surface area contributed by atoms with Gasteiger partial charge in [0, 0.05) is 57.6 Å². The predicted octanol–water partition coefficient (Wildman–Crippen LogP) is 3.51. The van der Waals surface area contributed by atoms with Gasteiger partial charge in [-0.3, -0.25) is 9.89 Å². The third kappa shape index (κ3) is 10.9. The molecule has 7 heteroatoms. The zero-order chi connectivity index (χ0) is 20.2. The number of hydrogen-bond donors (Lipinski definition) is 2. The van der Waals surface area contributed by atoms with Crippen LogP contribution in [0.4, 0.5) is 0 Å². The van der Waals surface area contributed by atoms with Crippen molar-refractivity contribution in [1.82, 2.24) is 20.4 Å². The largest absolute Gasteiger partial charge is 0.356 e. The highest BCUT2D eigenvalue weighted by molar-refractivity contribution is 14.0. The Hall–Kier alpha value is -0.510. The Morgan fingerprint density at radius 1 is 1.03 bits per heavy atom. The molecule has 166 valence electrons. The minimum atomic E-state index is 0. The fraction of sp³-hybridized carbons (Fsp3) is 0.682. The Morgan fingerprint density at radius 3 is 2.31 bits per heavy atom. The van der Waals surface area contributed by atoms with Gasteiger partial charge in [0.15, 0.2) is 5.96 Å². The molecular formula is C22H40IN5S. The summed E-state index contributed by atoms with van der Waals surface area (Å²) in [6, 6.07) is 10.8.